The first-order chi connectivity index (χ1) is 5.66. The highest BCUT2D eigenvalue weighted by Gasteiger charge is 2.55. The zero-order valence-corrected chi connectivity index (χ0v) is 8.95. The summed E-state index contributed by atoms with van der Waals surface area (Å²) in [6.45, 7) is 0.760. The monoisotopic (exact) mass is 229 g/mol. The SMILES string of the molecule is Cl.FC1(F)CCCNC12CCSC2. The molecular formula is C8H14ClF2NS. The summed E-state index contributed by atoms with van der Waals surface area (Å²) in [7, 11) is 0. The van der Waals surface area contributed by atoms with E-state index in [-0.39, 0.29) is 18.8 Å². The van der Waals surface area contributed by atoms with Gasteiger partial charge in [0.15, 0.2) is 0 Å². The number of halogens is 3. The van der Waals surface area contributed by atoms with E-state index < -0.39 is 11.5 Å². The quantitative estimate of drug-likeness (QED) is 0.684. The molecule has 2 heterocycles. The molecule has 78 valence electrons. The minimum absolute atomic E-state index is 0. The lowest BCUT2D eigenvalue weighted by molar-refractivity contribution is -0.102. The lowest BCUT2D eigenvalue weighted by atomic mass is 9.84. The van der Waals surface area contributed by atoms with Crippen LogP contribution in [0.2, 0.25) is 0 Å². The number of piperidine rings is 1. The van der Waals surface area contributed by atoms with Crippen LogP contribution in [0.15, 0.2) is 0 Å². The van der Waals surface area contributed by atoms with Crippen LogP contribution in [0, 0.1) is 0 Å². The van der Waals surface area contributed by atoms with Crippen molar-refractivity contribution in [2.75, 3.05) is 18.1 Å². The number of alkyl halides is 2. The molecule has 0 aromatic heterocycles. The van der Waals surface area contributed by atoms with E-state index in [1.807, 2.05) is 0 Å². The molecule has 0 aromatic rings. The second-order valence-electron chi connectivity index (χ2n) is 3.62. The average molecular weight is 230 g/mol. The summed E-state index contributed by atoms with van der Waals surface area (Å²) >= 11 is 1.64. The predicted octanol–water partition coefficient (Wildman–Crippen LogP) is 2.30. The number of nitrogens with one attached hydrogen (secondary N) is 1. The van der Waals surface area contributed by atoms with Crippen LogP contribution in [0.3, 0.4) is 0 Å². The Labute approximate surface area is 87.4 Å². The zero-order chi connectivity index (χ0) is 8.66. The first-order valence-corrected chi connectivity index (χ1v) is 5.52. The Morgan fingerprint density at radius 2 is 2.00 bits per heavy atom. The van der Waals surface area contributed by atoms with Crippen molar-refractivity contribution < 1.29 is 8.78 Å². The summed E-state index contributed by atoms with van der Waals surface area (Å²) in [5.41, 5.74) is -0.851. The summed E-state index contributed by atoms with van der Waals surface area (Å²) in [5.74, 6) is -1.02. The molecule has 5 heteroatoms. The Kier molecular flexibility index (Phi) is 3.47. The molecule has 1 atom stereocenters. The van der Waals surface area contributed by atoms with Crippen LogP contribution >= 0.6 is 24.2 Å². The van der Waals surface area contributed by atoms with E-state index in [0.29, 0.717) is 18.6 Å². The van der Waals surface area contributed by atoms with Gasteiger partial charge >= 0.3 is 0 Å². The van der Waals surface area contributed by atoms with E-state index in [9.17, 15) is 8.78 Å². The van der Waals surface area contributed by atoms with Gasteiger partial charge in [0.05, 0.1) is 5.54 Å². The first-order valence-electron chi connectivity index (χ1n) is 4.37. The van der Waals surface area contributed by atoms with Crippen molar-refractivity contribution in [2.45, 2.75) is 30.7 Å². The van der Waals surface area contributed by atoms with Crippen molar-refractivity contribution >= 4 is 24.2 Å². The maximum atomic E-state index is 13.5. The molecule has 1 unspecified atom stereocenters. The highest BCUT2D eigenvalue weighted by molar-refractivity contribution is 7.99. The van der Waals surface area contributed by atoms with Crippen LogP contribution in [0.5, 0.6) is 0 Å². The normalized spacial score (nSPS) is 37.4. The fourth-order valence-electron chi connectivity index (χ4n) is 2.00. The second kappa shape index (κ2) is 3.91. The Morgan fingerprint density at radius 1 is 1.23 bits per heavy atom. The van der Waals surface area contributed by atoms with Crippen LogP contribution in [0.1, 0.15) is 19.3 Å². The van der Waals surface area contributed by atoms with E-state index in [1.165, 1.54) is 0 Å². The molecule has 2 aliphatic heterocycles. The van der Waals surface area contributed by atoms with Crippen molar-refractivity contribution in [3.05, 3.63) is 0 Å². The molecule has 0 radical (unpaired) electrons. The fourth-order valence-corrected chi connectivity index (χ4v) is 3.44. The zero-order valence-electron chi connectivity index (χ0n) is 7.32. The third-order valence-electron chi connectivity index (χ3n) is 2.85. The Balaban J connectivity index is 0.000000845. The van der Waals surface area contributed by atoms with Crippen molar-refractivity contribution in [2.24, 2.45) is 0 Å². The standard InChI is InChI=1S/C8H13F2NS.ClH/c9-8(10)2-1-4-11-7(8)3-5-12-6-7;/h11H,1-6H2;1H. The molecule has 1 spiro atoms. The average Bonchev–Trinajstić information content (AvgIpc) is 2.46. The van der Waals surface area contributed by atoms with Gasteiger partial charge in [0.25, 0.3) is 5.92 Å². The Morgan fingerprint density at radius 3 is 2.54 bits per heavy atom. The fraction of sp³-hybridized carbons (Fsp3) is 1.00. The van der Waals surface area contributed by atoms with Gasteiger partial charge in [-0.05, 0) is 25.1 Å². The van der Waals surface area contributed by atoms with Crippen molar-refractivity contribution in [1.82, 2.24) is 5.32 Å². The molecule has 2 saturated heterocycles. The third-order valence-corrected chi connectivity index (χ3v) is 4.04. The Hall–Kier alpha value is 0.460. The predicted molar refractivity (Wildman–Crippen MR) is 54.1 cm³/mol. The topological polar surface area (TPSA) is 12.0 Å². The summed E-state index contributed by atoms with van der Waals surface area (Å²) in [6.07, 6.45) is 1.31. The smallest absolute Gasteiger partial charge is 0.266 e. The van der Waals surface area contributed by atoms with Crippen LogP contribution in [0.25, 0.3) is 0 Å². The number of hydrogen-bond donors (Lipinski definition) is 1. The van der Waals surface area contributed by atoms with Gasteiger partial charge < -0.3 is 5.32 Å². The molecule has 13 heavy (non-hydrogen) atoms. The maximum Gasteiger partial charge on any atom is 0.266 e. The Bertz CT molecular complexity index is 183. The van der Waals surface area contributed by atoms with E-state index in [1.54, 1.807) is 11.8 Å². The number of thioether (sulfide) groups is 1. The minimum Gasteiger partial charge on any atom is -0.305 e. The molecule has 2 fully saturated rings. The summed E-state index contributed by atoms with van der Waals surface area (Å²) < 4.78 is 27.0. The van der Waals surface area contributed by atoms with E-state index >= 15 is 0 Å². The maximum absolute atomic E-state index is 13.5. The highest BCUT2D eigenvalue weighted by atomic mass is 35.5. The molecule has 0 bridgehead atoms. The van der Waals surface area contributed by atoms with Gasteiger partial charge in [-0.25, -0.2) is 8.78 Å². The summed E-state index contributed by atoms with van der Waals surface area (Å²) in [5, 5.41) is 3.01. The highest BCUT2D eigenvalue weighted by Crippen LogP contribution is 2.44. The van der Waals surface area contributed by atoms with Gasteiger partial charge in [0, 0.05) is 12.2 Å². The molecular weight excluding hydrogens is 216 g/mol. The van der Waals surface area contributed by atoms with Gasteiger partial charge in [0.2, 0.25) is 0 Å². The van der Waals surface area contributed by atoms with E-state index in [2.05, 4.69) is 5.32 Å². The van der Waals surface area contributed by atoms with Gasteiger partial charge in [-0.2, -0.15) is 11.8 Å². The molecule has 0 aromatic carbocycles. The first kappa shape index (κ1) is 11.5. The molecule has 2 aliphatic rings. The second-order valence-corrected chi connectivity index (χ2v) is 4.72. The molecule has 0 amide bonds. The molecule has 0 saturated carbocycles. The van der Waals surface area contributed by atoms with E-state index in [4.69, 9.17) is 0 Å². The van der Waals surface area contributed by atoms with Gasteiger partial charge in [-0.15, -0.1) is 12.4 Å². The molecule has 2 rings (SSSR count). The van der Waals surface area contributed by atoms with Crippen LogP contribution < -0.4 is 5.32 Å². The summed E-state index contributed by atoms with van der Waals surface area (Å²) in [6, 6.07) is 0. The minimum atomic E-state index is -2.48. The molecule has 1 N–H and O–H groups in total. The lowest BCUT2D eigenvalue weighted by Crippen LogP contribution is -2.62. The van der Waals surface area contributed by atoms with Gasteiger partial charge in [-0.1, -0.05) is 0 Å². The van der Waals surface area contributed by atoms with Crippen molar-refractivity contribution in [3.8, 4) is 0 Å². The van der Waals surface area contributed by atoms with Crippen LogP contribution in [-0.2, 0) is 0 Å². The van der Waals surface area contributed by atoms with E-state index in [0.717, 1.165) is 12.3 Å². The largest absolute Gasteiger partial charge is 0.305 e. The van der Waals surface area contributed by atoms with Crippen LogP contribution in [-0.4, -0.2) is 29.5 Å². The number of hydrogen-bond acceptors (Lipinski definition) is 2. The third kappa shape index (κ3) is 1.81. The van der Waals surface area contributed by atoms with Gasteiger partial charge in [0.1, 0.15) is 0 Å². The molecule has 1 nitrogen and oxygen atoms in total. The van der Waals surface area contributed by atoms with Crippen LogP contribution in [0.4, 0.5) is 8.78 Å². The lowest BCUT2D eigenvalue weighted by Gasteiger charge is -2.41. The van der Waals surface area contributed by atoms with Gasteiger partial charge in [-0.3, -0.25) is 0 Å². The van der Waals surface area contributed by atoms with Crippen molar-refractivity contribution in [3.63, 3.8) is 0 Å². The van der Waals surface area contributed by atoms with Crippen molar-refractivity contribution in [1.29, 1.82) is 0 Å². The number of rotatable bonds is 0. The molecule has 0 aliphatic carbocycles. The summed E-state index contributed by atoms with van der Waals surface area (Å²) in [4.78, 5) is 0.